The maximum atomic E-state index is 14.0. The minimum Gasteiger partial charge on any atom is -0.374 e. The molecule has 4 rings (SSSR count). The molecule has 2 aromatic heterocycles. The van der Waals surface area contributed by atoms with E-state index in [9.17, 15) is 18.4 Å². The smallest absolute Gasteiger partial charge is 0.284 e. The molecular weight excluding hydrogens is 600 g/mol. The summed E-state index contributed by atoms with van der Waals surface area (Å²) in [5.41, 5.74) is 0.849. The molecular formula is C25H28F2IN4O3P. The summed E-state index contributed by atoms with van der Waals surface area (Å²) in [6.07, 6.45) is 1.77. The molecule has 36 heavy (non-hydrogen) atoms. The predicted octanol–water partition coefficient (Wildman–Crippen LogP) is 4.33. The van der Waals surface area contributed by atoms with Gasteiger partial charge in [0.1, 0.15) is 5.65 Å². The maximum Gasteiger partial charge on any atom is 0.284 e. The second-order valence-corrected chi connectivity index (χ2v) is 11.1. The molecule has 1 unspecified atom stereocenters. The lowest BCUT2D eigenvalue weighted by Gasteiger charge is -2.32. The quantitative estimate of drug-likeness (QED) is 0.312. The molecule has 1 aliphatic rings. The van der Waals surface area contributed by atoms with Gasteiger partial charge in [-0.3, -0.25) is 9.59 Å². The molecule has 0 saturated carbocycles. The van der Waals surface area contributed by atoms with Crippen LogP contribution in [0.1, 0.15) is 34.1 Å². The molecule has 2 atom stereocenters. The first-order chi connectivity index (χ1) is 16.9. The molecule has 0 aliphatic carbocycles. The number of aromatic nitrogens is 2. The summed E-state index contributed by atoms with van der Waals surface area (Å²) in [6, 6.07) is 6.41. The fourth-order valence-corrected chi connectivity index (χ4v) is 5.66. The summed E-state index contributed by atoms with van der Waals surface area (Å²) in [4.78, 5) is 32.6. The van der Waals surface area contributed by atoms with Gasteiger partial charge in [-0.15, -0.1) is 0 Å². The van der Waals surface area contributed by atoms with Crippen LogP contribution in [0.15, 0.2) is 30.5 Å². The van der Waals surface area contributed by atoms with Crippen molar-refractivity contribution in [1.29, 1.82) is 0 Å². The Bertz CT molecular complexity index is 1320. The van der Waals surface area contributed by atoms with E-state index in [-0.39, 0.29) is 23.5 Å². The highest BCUT2D eigenvalue weighted by atomic mass is 127. The van der Waals surface area contributed by atoms with Crippen LogP contribution < -0.4 is 0 Å². The zero-order chi connectivity index (χ0) is 26.4. The molecule has 0 radical (unpaired) electrons. The average molecular weight is 628 g/mol. The maximum absolute atomic E-state index is 14.0. The van der Waals surface area contributed by atoms with Gasteiger partial charge in [0.25, 0.3) is 11.6 Å². The first kappa shape index (κ1) is 26.9. The Morgan fingerprint density at radius 1 is 1.31 bits per heavy atom. The third-order valence-electron chi connectivity index (χ3n) is 6.29. The molecule has 7 nitrogen and oxygen atoms in total. The van der Waals surface area contributed by atoms with Crippen molar-refractivity contribution in [2.75, 3.05) is 33.8 Å². The first-order valence-corrected chi connectivity index (χ1v) is 13.1. The molecule has 1 saturated heterocycles. The number of amides is 2. The van der Waals surface area contributed by atoms with Gasteiger partial charge < -0.3 is 18.9 Å². The number of alkyl halides is 2. The Labute approximate surface area is 224 Å². The Morgan fingerprint density at radius 2 is 2.03 bits per heavy atom. The summed E-state index contributed by atoms with van der Waals surface area (Å²) in [7, 11) is 4.96. The summed E-state index contributed by atoms with van der Waals surface area (Å²) in [5.74, 6) is -0.120. The molecule has 1 fully saturated rings. The number of carbonyl (C=O) groups excluding carboxylic acids is 2. The van der Waals surface area contributed by atoms with E-state index < -0.39 is 5.66 Å². The fraction of sp³-hybridized carbons (Fsp3) is 0.400. The van der Waals surface area contributed by atoms with Crippen molar-refractivity contribution in [3.63, 3.8) is 0 Å². The highest BCUT2D eigenvalue weighted by Crippen LogP contribution is 2.38. The number of benzene rings is 1. The van der Waals surface area contributed by atoms with Gasteiger partial charge in [0.2, 0.25) is 5.91 Å². The highest BCUT2D eigenvalue weighted by Gasteiger charge is 2.29. The van der Waals surface area contributed by atoms with Crippen LogP contribution in [0.3, 0.4) is 0 Å². The molecule has 11 heteroatoms. The van der Waals surface area contributed by atoms with Crippen molar-refractivity contribution in [3.8, 4) is 11.3 Å². The minimum atomic E-state index is -3.08. The number of nitrogens with zero attached hydrogens (tertiary/aromatic N) is 4. The first-order valence-electron chi connectivity index (χ1n) is 11.4. The second kappa shape index (κ2) is 10.3. The van der Waals surface area contributed by atoms with Gasteiger partial charge in [-0.05, 0) is 59.3 Å². The van der Waals surface area contributed by atoms with E-state index in [0.29, 0.717) is 43.0 Å². The Kier molecular flexibility index (Phi) is 7.69. The van der Waals surface area contributed by atoms with Crippen LogP contribution >= 0.6 is 31.8 Å². The van der Waals surface area contributed by atoms with Crippen molar-refractivity contribution in [3.05, 3.63) is 56.4 Å². The van der Waals surface area contributed by atoms with Gasteiger partial charge in [-0.1, -0.05) is 9.24 Å². The molecule has 192 valence electrons. The zero-order valence-corrected chi connectivity index (χ0v) is 23.8. The number of morpholine rings is 1. The molecule has 0 spiro atoms. The van der Waals surface area contributed by atoms with Gasteiger partial charge in [-0.2, -0.15) is 8.78 Å². The van der Waals surface area contributed by atoms with E-state index in [2.05, 4.69) is 22.6 Å². The van der Waals surface area contributed by atoms with Gasteiger partial charge >= 0.3 is 0 Å². The van der Waals surface area contributed by atoms with Crippen molar-refractivity contribution in [1.82, 2.24) is 19.2 Å². The lowest BCUT2D eigenvalue weighted by atomic mass is 9.99. The lowest BCUT2D eigenvalue weighted by Crippen LogP contribution is -2.45. The van der Waals surface area contributed by atoms with Crippen LogP contribution in [0.25, 0.3) is 16.9 Å². The molecule has 3 aromatic rings. The average Bonchev–Trinajstić information content (AvgIpc) is 3.14. The van der Waals surface area contributed by atoms with Gasteiger partial charge in [-0.25, -0.2) is 4.98 Å². The number of imidazole rings is 1. The molecule has 0 N–H and O–H groups in total. The number of carbonyl (C=O) groups is 2. The number of rotatable bonds is 5. The number of ether oxygens (including phenoxy) is 1. The van der Waals surface area contributed by atoms with E-state index in [1.807, 2.05) is 19.1 Å². The van der Waals surface area contributed by atoms with E-state index >= 15 is 0 Å². The second-order valence-electron chi connectivity index (χ2n) is 9.19. The predicted molar refractivity (Wildman–Crippen MR) is 145 cm³/mol. The van der Waals surface area contributed by atoms with Gasteiger partial charge in [0.05, 0.1) is 24.1 Å². The van der Waals surface area contributed by atoms with Crippen LogP contribution in [0, 0.1) is 10.5 Å². The summed E-state index contributed by atoms with van der Waals surface area (Å²) >= 11 is 2.19. The Morgan fingerprint density at radius 3 is 2.64 bits per heavy atom. The number of hydrogen-bond donors (Lipinski definition) is 0. The fourth-order valence-electron chi connectivity index (χ4n) is 4.47. The third kappa shape index (κ3) is 5.40. The SMILES string of the molecule is CC(=O)N1CCO[C@@H](Cc2c(-c3c(C)cc(C(=O)N(C)C)cc3I)nc3cc(C(F)(F)P)ccn23)C1. The van der Waals surface area contributed by atoms with Crippen LogP contribution in [-0.2, 0) is 21.6 Å². The van der Waals surface area contributed by atoms with E-state index in [1.165, 1.54) is 24.0 Å². The monoisotopic (exact) mass is 628 g/mol. The molecule has 3 heterocycles. The number of aryl methyl sites for hydroxylation is 1. The van der Waals surface area contributed by atoms with Gasteiger partial charge in [0, 0.05) is 67.0 Å². The summed E-state index contributed by atoms with van der Waals surface area (Å²) < 4.78 is 36.7. The van der Waals surface area contributed by atoms with Crippen LogP contribution in [0.4, 0.5) is 8.78 Å². The number of fused-ring (bicyclic) bond motifs is 1. The molecule has 1 aromatic carbocycles. The molecule has 2 amide bonds. The molecule has 1 aliphatic heterocycles. The minimum absolute atomic E-state index is 0.0134. The topological polar surface area (TPSA) is 67.2 Å². The summed E-state index contributed by atoms with van der Waals surface area (Å²) in [6.45, 7) is 4.86. The van der Waals surface area contributed by atoms with Crippen LogP contribution in [0.5, 0.6) is 0 Å². The number of halogens is 3. The van der Waals surface area contributed by atoms with E-state index in [1.54, 1.807) is 38.8 Å². The standard InChI is InChI=1S/C25H28F2IN4O3P/c1-14-9-16(24(34)30(3)4)10-19(28)22(14)23-20(12-18-13-31(15(2)33)7-8-35-18)32-6-5-17(25(26,27)36)11-21(32)29-23/h5-6,9-11,18H,7-8,12-13,36H2,1-4H3/t18-/m0/s1. The van der Waals surface area contributed by atoms with Crippen molar-refractivity contribution in [2.45, 2.75) is 32.0 Å². The van der Waals surface area contributed by atoms with Gasteiger partial charge in [0.15, 0.2) is 0 Å². The largest absolute Gasteiger partial charge is 0.374 e. The van der Waals surface area contributed by atoms with Crippen molar-refractivity contribution < 1.29 is 23.1 Å². The van der Waals surface area contributed by atoms with Crippen molar-refractivity contribution >= 4 is 49.3 Å². The highest BCUT2D eigenvalue weighted by molar-refractivity contribution is 14.1. The number of pyridine rings is 1. The third-order valence-corrected chi connectivity index (χ3v) is 7.48. The molecule has 0 bridgehead atoms. The number of hydrogen-bond acceptors (Lipinski definition) is 4. The normalized spacial score (nSPS) is 16.4. The van der Waals surface area contributed by atoms with Crippen LogP contribution in [-0.4, -0.2) is 70.9 Å². The van der Waals surface area contributed by atoms with Crippen molar-refractivity contribution in [2.24, 2.45) is 0 Å². The zero-order valence-electron chi connectivity index (χ0n) is 20.5. The van der Waals surface area contributed by atoms with E-state index in [4.69, 9.17) is 9.72 Å². The Balaban J connectivity index is 1.86. The van der Waals surface area contributed by atoms with E-state index in [0.717, 1.165) is 20.4 Å². The van der Waals surface area contributed by atoms with Crippen LogP contribution in [0.2, 0.25) is 0 Å². The Hall–Kier alpha value is -2.17. The lowest BCUT2D eigenvalue weighted by molar-refractivity contribution is -0.136. The summed E-state index contributed by atoms with van der Waals surface area (Å²) in [5, 5.41) is 0.